The largest absolute Gasteiger partial charge is 0.303 e. The van der Waals surface area contributed by atoms with E-state index in [0.717, 1.165) is 13.0 Å². The lowest BCUT2D eigenvalue weighted by molar-refractivity contribution is 0.0758. The Balaban J connectivity index is 2.44. The number of likely N-dealkylation sites (tertiary alicyclic amines) is 1. The van der Waals surface area contributed by atoms with Gasteiger partial charge in [0.05, 0.1) is 0 Å². The van der Waals surface area contributed by atoms with Gasteiger partial charge in [-0.05, 0) is 31.8 Å². The van der Waals surface area contributed by atoms with E-state index in [1.807, 2.05) is 7.05 Å². The van der Waals surface area contributed by atoms with Crippen molar-refractivity contribution in [3.63, 3.8) is 0 Å². The van der Waals surface area contributed by atoms with Crippen molar-refractivity contribution in [2.45, 2.75) is 26.4 Å². The molecule has 0 saturated carbocycles. The van der Waals surface area contributed by atoms with Crippen molar-refractivity contribution in [1.82, 2.24) is 4.90 Å². The SMILES string of the molecule is CC(C)C1CCN(C)C[C@@H]1F. The molecule has 0 aromatic rings. The van der Waals surface area contributed by atoms with E-state index in [2.05, 4.69) is 18.7 Å². The molecule has 0 aliphatic carbocycles. The molecule has 66 valence electrons. The zero-order valence-corrected chi connectivity index (χ0v) is 7.68. The monoisotopic (exact) mass is 159 g/mol. The predicted octanol–water partition coefficient (Wildman–Crippen LogP) is 1.93. The summed E-state index contributed by atoms with van der Waals surface area (Å²) in [5, 5.41) is 0. The lowest BCUT2D eigenvalue weighted by Gasteiger charge is -2.34. The van der Waals surface area contributed by atoms with Crippen molar-refractivity contribution in [2.75, 3.05) is 20.1 Å². The number of halogens is 1. The van der Waals surface area contributed by atoms with Crippen LogP contribution in [0.1, 0.15) is 20.3 Å². The number of hydrogen-bond acceptors (Lipinski definition) is 1. The van der Waals surface area contributed by atoms with Crippen molar-refractivity contribution in [1.29, 1.82) is 0 Å². The Morgan fingerprint density at radius 1 is 1.45 bits per heavy atom. The number of hydrogen-bond donors (Lipinski definition) is 0. The van der Waals surface area contributed by atoms with Gasteiger partial charge in [0.1, 0.15) is 6.17 Å². The molecule has 1 rings (SSSR count). The molecule has 2 atom stereocenters. The van der Waals surface area contributed by atoms with Crippen molar-refractivity contribution < 1.29 is 4.39 Å². The topological polar surface area (TPSA) is 3.24 Å². The van der Waals surface area contributed by atoms with E-state index >= 15 is 0 Å². The highest BCUT2D eigenvalue weighted by Gasteiger charge is 2.29. The molecule has 11 heavy (non-hydrogen) atoms. The first-order valence-corrected chi connectivity index (χ1v) is 4.44. The summed E-state index contributed by atoms with van der Waals surface area (Å²) in [6.45, 7) is 5.91. The molecule has 0 amide bonds. The van der Waals surface area contributed by atoms with Gasteiger partial charge in [0.2, 0.25) is 0 Å². The number of alkyl halides is 1. The third-order valence-electron chi connectivity index (χ3n) is 2.65. The Labute approximate surface area is 68.6 Å². The summed E-state index contributed by atoms with van der Waals surface area (Å²) in [6.07, 6.45) is 0.420. The average Bonchev–Trinajstić information content (AvgIpc) is 1.85. The van der Waals surface area contributed by atoms with E-state index in [9.17, 15) is 4.39 Å². The highest BCUT2D eigenvalue weighted by atomic mass is 19.1. The van der Waals surface area contributed by atoms with Crippen LogP contribution in [-0.4, -0.2) is 31.2 Å². The third kappa shape index (κ3) is 2.16. The van der Waals surface area contributed by atoms with E-state index in [4.69, 9.17) is 0 Å². The summed E-state index contributed by atoms with van der Waals surface area (Å²) in [6, 6.07) is 0. The smallest absolute Gasteiger partial charge is 0.116 e. The molecule has 1 nitrogen and oxygen atoms in total. The van der Waals surface area contributed by atoms with Crippen LogP contribution in [0.2, 0.25) is 0 Å². The first-order valence-electron chi connectivity index (χ1n) is 4.44. The van der Waals surface area contributed by atoms with Crippen LogP contribution in [-0.2, 0) is 0 Å². The van der Waals surface area contributed by atoms with Crippen LogP contribution in [0.4, 0.5) is 4.39 Å². The second kappa shape index (κ2) is 3.53. The molecule has 1 aliphatic rings. The Bertz CT molecular complexity index is 125. The van der Waals surface area contributed by atoms with Gasteiger partial charge >= 0.3 is 0 Å². The van der Waals surface area contributed by atoms with Crippen molar-refractivity contribution >= 4 is 0 Å². The standard InChI is InChI=1S/C9H18FN/c1-7(2)8-4-5-11(3)6-9(8)10/h7-9H,4-6H2,1-3H3/t8?,9-/m0/s1. The van der Waals surface area contributed by atoms with E-state index in [0.29, 0.717) is 18.4 Å². The highest BCUT2D eigenvalue weighted by Crippen LogP contribution is 2.26. The average molecular weight is 159 g/mol. The lowest BCUT2D eigenvalue weighted by atomic mass is 9.85. The third-order valence-corrected chi connectivity index (χ3v) is 2.65. The lowest BCUT2D eigenvalue weighted by Crippen LogP contribution is -2.41. The van der Waals surface area contributed by atoms with Gasteiger partial charge in [-0.2, -0.15) is 0 Å². The zero-order valence-electron chi connectivity index (χ0n) is 7.68. The maximum Gasteiger partial charge on any atom is 0.116 e. The van der Waals surface area contributed by atoms with Crippen LogP contribution < -0.4 is 0 Å². The Morgan fingerprint density at radius 2 is 2.09 bits per heavy atom. The second-order valence-corrected chi connectivity index (χ2v) is 3.97. The van der Waals surface area contributed by atoms with Crippen molar-refractivity contribution in [3.05, 3.63) is 0 Å². The highest BCUT2D eigenvalue weighted by molar-refractivity contribution is 4.80. The summed E-state index contributed by atoms with van der Waals surface area (Å²) in [7, 11) is 1.99. The van der Waals surface area contributed by atoms with Crippen LogP contribution in [0.15, 0.2) is 0 Å². The molecule has 0 aromatic heterocycles. The molecule has 1 unspecified atom stereocenters. The van der Waals surface area contributed by atoms with Gasteiger partial charge in [-0.3, -0.25) is 0 Å². The Hall–Kier alpha value is -0.110. The molecule has 0 aromatic carbocycles. The summed E-state index contributed by atoms with van der Waals surface area (Å²) in [5.41, 5.74) is 0. The van der Waals surface area contributed by atoms with Gasteiger partial charge in [0.25, 0.3) is 0 Å². The summed E-state index contributed by atoms with van der Waals surface area (Å²) in [4.78, 5) is 2.07. The molecule has 2 heteroatoms. The number of rotatable bonds is 1. The van der Waals surface area contributed by atoms with Crippen LogP contribution in [0.3, 0.4) is 0 Å². The minimum absolute atomic E-state index is 0.297. The van der Waals surface area contributed by atoms with Crippen molar-refractivity contribution in [3.8, 4) is 0 Å². The molecule has 0 N–H and O–H groups in total. The molecule has 0 spiro atoms. The fourth-order valence-electron chi connectivity index (χ4n) is 1.83. The molecule has 0 radical (unpaired) electrons. The molecular formula is C9H18FN. The van der Waals surface area contributed by atoms with Crippen LogP contribution >= 0.6 is 0 Å². The minimum Gasteiger partial charge on any atom is -0.303 e. The molecule has 0 bridgehead atoms. The summed E-state index contributed by atoms with van der Waals surface area (Å²) >= 11 is 0. The van der Waals surface area contributed by atoms with Crippen LogP contribution in [0.5, 0.6) is 0 Å². The Kier molecular flexibility index (Phi) is 2.88. The van der Waals surface area contributed by atoms with Gasteiger partial charge in [-0.15, -0.1) is 0 Å². The maximum absolute atomic E-state index is 13.3. The zero-order chi connectivity index (χ0) is 8.43. The maximum atomic E-state index is 13.3. The van der Waals surface area contributed by atoms with Gasteiger partial charge in [0, 0.05) is 6.54 Å². The van der Waals surface area contributed by atoms with Gasteiger partial charge < -0.3 is 4.90 Å². The minimum atomic E-state index is -0.603. The van der Waals surface area contributed by atoms with Gasteiger partial charge in [-0.25, -0.2) is 4.39 Å². The van der Waals surface area contributed by atoms with Crippen molar-refractivity contribution in [2.24, 2.45) is 11.8 Å². The fourth-order valence-corrected chi connectivity index (χ4v) is 1.83. The molecule has 1 aliphatic heterocycles. The second-order valence-electron chi connectivity index (χ2n) is 3.97. The number of piperidine rings is 1. The van der Waals surface area contributed by atoms with E-state index in [-0.39, 0.29) is 0 Å². The normalized spacial score (nSPS) is 34.6. The summed E-state index contributed by atoms with van der Waals surface area (Å²) in [5.74, 6) is 0.796. The number of nitrogens with zero attached hydrogens (tertiary/aromatic N) is 1. The first-order chi connectivity index (χ1) is 5.11. The fraction of sp³-hybridized carbons (Fsp3) is 1.00. The first kappa shape index (κ1) is 8.98. The Morgan fingerprint density at radius 3 is 2.55 bits per heavy atom. The molecule has 1 fully saturated rings. The van der Waals surface area contributed by atoms with Crippen LogP contribution in [0, 0.1) is 11.8 Å². The van der Waals surface area contributed by atoms with Crippen LogP contribution in [0.25, 0.3) is 0 Å². The molecule has 1 heterocycles. The quantitative estimate of drug-likeness (QED) is 0.565. The van der Waals surface area contributed by atoms with E-state index in [1.54, 1.807) is 0 Å². The predicted molar refractivity (Wildman–Crippen MR) is 45.3 cm³/mol. The van der Waals surface area contributed by atoms with E-state index in [1.165, 1.54) is 0 Å². The molecule has 1 saturated heterocycles. The van der Waals surface area contributed by atoms with Gasteiger partial charge in [-0.1, -0.05) is 13.8 Å². The molecular weight excluding hydrogens is 141 g/mol. The van der Waals surface area contributed by atoms with E-state index < -0.39 is 6.17 Å². The summed E-state index contributed by atoms with van der Waals surface area (Å²) < 4.78 is 13.3. The van der Waals surface area contributed by atoms with Gasteiger partial charge in [0.15, 0.2) is 0 Å².